The SMILES string of the molecule is Brc1c2ccccc2c2c3nc4c5cccc6c(Br)c7ccccc7c(c4nc3c3cccc1c32)c65. The average molecular weight is 586 g/mol. The molecular weight excluding hydrogens is 572 g/mol. The van der Waals surface area contributed by atoms with Crippen LogP contribution in [0.2, 0.25) is 0 Å². The van der Waals surface area contributed by atoms with Gasteiger partial charge in [-0.1, -0.05) is 84.9 Å². The number of rotatable bonds is 0. The first-order chi connectivity index (χ1) is 17.7. The van der Waals surface area contributed by atoms with Gasteiger partial charge in [-0.15, -0.1) is 0 Å². The first kappa shape index (κ1) is 19.6. The van der Waals surface area contributed by atoms with Gasteiger partial charge in [0.15, 0.2) is 0 Å². The zero-order valence-electron chi connectivity index (χ0n) is 18.7. The Hall–Kier alpha value is -3.60. The molecule has 2 nitrogen and oxygen atoms in total. The quantitative estimate of drug-likeness (QED) is 0.165. The molecule has 166 valence electrons. The Morgan fingerprint density at radius 1 is 0.333 bits per heavy atom. The lowest BCUT2D eigenvalue weighted by atomic mass is 9.99. The molecule has 0 fully saturated rings. The van der Waals surface area contributed by atoms with E-state index in [0.29, 0.717) is 0 Å². The minimum absolute atomic E-state index is 0.977. The summed E-state index contributed by atoms with van der Waals surface area (Å²) >= 11 is 7.81. The van der Waals surface area contributed by atoms with Crippen molar-refractivity contribution in [3.8, 4) is 0 Å². The van der Waals surface area contributed by atoms with Crippen molar-refractivity contribution in [3.05, 3.63) is 93.9 Å². The minimum atomic E-state index is 0.977. The Bertz CT molecular complexity index is 2220. The number of halogens is 2. The molecule has 0 spiro atoms. The number of benzene rings is 6. The number of hydrogen-bond acceptors (Lipinski definition) is 2. The van der Waals surface area contributed by atoms with E-state index in [-0.39, 0.29) is 0 Å². The second-order valence-electron chi connectivity index (χ2n) is 9.54. The Balaban J connectivity index is 1.64. The van der Waals surface area contributed by atoms with E-state index in [0.717, 1.165) is 41.8 Å². The van der Waals surface area contributed by atoms with E-state index in [2.05, 4.69) is 117 Å². The van der Waals surface area contributed by atoms with Crippen LogP contribution in [0.1, 0.15) is 0 Å². The molecule has 0 atom stereocenters. The maximum atomic E-state index is 5.44. The summed E-state index contributed by atoms with van der Waals surface area (Å²) in [7, 11) is 0. The fraction of sp³-hybridized carbons (Fsp3) is 0. The van der Waals surface area contributed by atoms with Crippen molar-refractivity contribution in [2.24, 2.45) is 0 Å². The molecule has 0 amide bonds. The van der Waals surface area contributed by atoms with Crippen molar-refractivity contribution in [3.63, 3.8) is 0 Å². The molecule has 0 N–H and O–H groups in total. The highest BCUT2D eigenvalue weighted by Crippen LogP contribution is 2.48. The van der Waals surface area contributed by atoms with Crippen LogP contribution < -0.4 is 0 Å². The highest BCUT2D eigenvalue weighted by Gasteiger charge is 2.24. The van der Waals surface area contributed by atoms with E-state index in [4.69, 9.17) is 9.97 Å². The maximum Gasteiger partial charge on any atom is 0.0986 e. The molecule has 4 heteroatoms. The minimum Gasteiger partial charge on any atom is -0.243 e. The van der Waals surface area contributed by atoms with Crippen molar-refractivity contribution in [2.45, 2.75) is 0 Å². The number of hydrogen-bond donors (Lipinski definition) is 0. The van der Waals surface area contributed by atoms with Gasteiger partial charge in [-0.25, -0.2) is 9.97 Å². The Morgan fingerprint density at radius 2 is 0.694 bits per heavy atom. The molecule has 0 radical (unpaired) electrons. The van der Waals surface area contributed by atoms with Crippen LogP contribution in [0.3, 0.4) is 0 Å². The third-order valence-electron chi connectivity index (χ3n) is 7.85. The molecule has 0 aliphatic rings. The van der Waals surface area contributed by atoms with Crippen LogP contribution in [-0.2, 0) is 0 Å². The predicted molar refractivity (Wildman–Crippen MR) is 160 cm³/mol. The summed E-state index contributed by atoms with van der Waals surface area (Å²) in [4.78, 5) is 10.9. The third kappa shape index (κ3) is 2.16. The van der Waals surface area contributed by atoms with Crippen molar-refractivity contribution >= 4 is 119 Å². The molecular formula is C32H14Br2N2. The molecule has 8 aromatic carbocycles. The molecule has 0 aliphatic heterocycles. The second-order valence-corrected chi connectivity index (χ2v) is 11.1. The van der Waals surface area contributed by atoms with Crippen molar-refractivity contribution in [1.29, 1.82) is 0 Å². The Kier molecular flexibility index (Phi) is 3.58. The highest BCUT2D eigenvalue weighted by molar-refractivity contribution is 9.11. The lowest BCUT2D eigenvalue weighted by molar-refractivity contribution is 1.46. The number of nitrogens with zero attached hydrogens (tertiary/aromatic N) is 2. The van der Waals surface area contributed by atoms with Gasteiger partial charge in [0.2, 0.25) is 0 Å². The topological polar surface area (TPSA) is 25.8 Å². The van der Waals surface area contributed by atoms with Gasteiger partial charge in [0.05, 0.1) is 22.1 Å². The number of aromatic nitrogens is 2. The van der Waals surface area contributed by atoms with Crippen LogP contribution in [0, 0.1) is 0 Å². The number of fused-ring (bicyclic) bond motifs is 10. The third-order valence-corrected chi connectivity index (χ3v) is 9.56. The largest absolute Gasteiger partial charge is 0.243 e. The summed E-state index contributed by atoms with van der Waals surface area (Å²) in [5.41, 5.74) is 3.92. The Morgan fingerprint density at radius 3 is 1.14 bits per heavy atom. The standard InChI is InChI=1S/C32H14Br2N2/c33-27-17-9-3-1-7-15(17)25-23-19(27)11-5-13-21(23)29-31(25)35-30-22-14-6-12-20-24(22)26(32(30)36-29)16-8-2-4-10-18(16)28(20)34/h1-14H. The van der Waals surface area contributed by atoms with E-state index in [9.17, 15) is 0 Å². The van der Waals surface area contributed by atoms with Gasteiger partial charge < -0.3 is 0 Å². The summed E-state index contributed by atoms with van der Waals surface area (Å²) in [6.07, 6.45) is 0. The fourth-order valence-corrected chi connectivity index (χ4v) is 7.75. The van der Waals surface area contributed by atoms with Crippen LogP contribution in [0.25, 0.3) is 86.7 Å². The van der Waals surface area contributed by atoms with Gasteiger partial charge in [-0.05, 0) is 64.2 Å². The van der Waals surface area contributed by atoms with Crippen molar-refractivity contribution in [2.75, 3.05) is 0 Å². The lowest BCUT2D eigenvalue weighted by Gasteiger charge is -2.08. The smallest absolute Gasteiger partial charge is 0.0986 e. The van der Waals surface area contributed by atoms with Crippen molar-refractivity contribution in [1.82, 2.24) is 9.97 Å². The average Bonchev–Trinajstić information content (AvgIpc) is 3.43. The van der Waals surface area contributed by atoms with E-state index >= 15 is 0 Å². The summed E-state index contributed by atoms with van der Waals surface area (Å²) in [6, 6.07) is 30.2. The monoisotopic (exact) mass is 584 g/mol. The maximum absolute atomic E-state index is 5.44. The van der Waals surface area contributed by atoms with E-state index in [1.807, 2.05) is 0 Å². The summed E-state index contributed by atoms with van der Waals surface area (Å²) < 4.78 is 2.26. The van der Waals surface area contributed by atoms with Crippen LogP contribution in [-0.4, -0.2) is 9.97 Å². The molecule has 1 heterocycles. The molecule has 0 unspecified atom stereocenters. The van der Waals surface area contributed by atoms with Gasteiger partial charge in [-0.3, -0.25) is 0 Å². The van der Waals surface area contributed by atoms with Crippen LogP contribution in [0.15, 0.2) is 93.9 Å². The van der Waals surface area contributed by atoms with Gasteiger partial charge in [0.1, 0.15) is 0 Å². The molecule has 9 rings (SSSR count). The molecule has 0 saturated heterocycles. The zero-order valence-corrected chi connectivity index (χ0v) is 21.9. The first-order valence-corrected chi connectivity index (χ1v) is 13.5. The van der Waals surface area contributed by atoms with Gasteiger partial charge >= 0.3 is 0 Å². The first-order valence-electron chi connectivity index (χ1n) is 11.9. The summed E-state index contributed by atoms with van der Waals surface area (Å²) in [6.45, 7) is 0. The lowest BCUT2D eigenvalue weighted by Crippen LogP contribution is -1.83. The Labute approximate surface area is 221 Å². The van der Waals surface area contributed by atoms with Crippen LogP contribution in [0.4, 0.5) is 0 Å². The van der Waals surface area contributed by atoms with Gasteiger partial charge in [-0.2, -0.15) is 0 Å². The summed E-state index contributed by atoms with van der Waals surface area (Å²) in [5, 5.41) is 14.4. The molecule has 0 aliphatic carbocycles. The molecule has 9 aromatic rings. The van der Waals surface area contributed by atoms with Crippen LogP contribution >= 0.6 is 31.9 Å². The van der Waals surface area contributed by atoms with E-state index < -0.39 is 0 Å². The molecule has 0 bridgehead atoms. The van der Waals surface area contributed by atoms with E-state index in [1.54, 1.807) is 0 Å². The van der Waals surface area contributed by atoms with Gasteiger partial charge in [0, 0.05) is 41.3 Å². The summed E-state index contributed by atoms with van der Waals surface area (Å²) in [5.74, 6) is 0. The molecule has 0 saturated carbocycles. The zero-order chi connectivity index (χ0) is 23.7. The van der Waals surface area contributed by atoms with E-state index in [1.165, 1.54) is 53.9 Å². The normalized spacial score (nSPS) is 12.7. The second kappa shape index (κ2) is 6.58. The predicted octanol–water partition coefficient (Wildman–Crippen LogP) is 10.1. The van der Waals surface area contributed by atoms with Gasteiger partial charge in [0.25, 0.3) is 0 Å². The van der Waals surface area contributed by atoms with Crippen LogP contribution in [0.5, 0.6) is 0 Å². The molecule has 1 aromatic heterocycles. The molecule has 36 heavy (non-hydrogen) atoms. The van der Waals surface area contributed by atoms with Crippen molar-refractivity contribution < 1.29 is 0 Å². The highest BCUT2D eigenvalue weighted by atomic mass is 79.9. The fourth-order valence-electron chi connectivity index (χ4n) is 6.40.